The molecule has 0 radical (unpaired) electrons. The number of nitrogens with zero attached hydrogens (tertiary/aromatic N) is 1. The first-order chi connectivity index (χ1) is 12.5. The molecule has 0 aliphatic carbocycles. The second-order valence-corrected chi connectivity index (χ2v) is 6.96. The van der Waals surface area contributed by atoms with Crippen molar-refractivity contribution >= 4 is 34.8 Å². The molecule has 1 heterocycles. The van der Waals surface area contributed by atoms with E-state index in [4.69, 9.17) is 11.6 Å². The van der Waals surface area contributed by atoms with E-state index in [2.05, 4.69) is 12.2 Å². The molecule has 2 aromatic rings. The van der Waals surface area contributed by atoms with Gasteiger partial charge in [0.1, 0.15) is 6.04 Å². The highest BCUT2D eigenvalue weighted by Gasteiger charge is 2.21. The van der Waals surface area contributed by atoms with E-state index in [-0.39, 0.29) is 17.9 Å². The first kappa shape index (κ1) is 18.4. The molecule has 0 bridgehead atoms. The largest absolute Gasteiger partial charge is 0.333 e. The Kier molecular flexibility index (Phi) is 5.91. The van der Waals surface area contributed by atoms with Gasteiger partial charge in [-0.3, -0.25) is 9.59 Å². The van der Waals surface area contributed by atoms with Gasteiger partial charge in [0.2, 0.25) is 5.91 Å². The SMILES string of the molecule is C[C@@H]([NH2+]CC(=O)Nc1ccc(N2CCCC2=O)cc1)c1ccc(Cl)cc1. The summed E-state index contributed by atoms with van der Waals surface area (Å²) in [5.41, 5.74) is 2.74. The second-order valence-electron chi connectivity index (χ2n) is 6.52. The molecule has 1 fully saturated rings. The number of halogens is 1. The Balaban J connectivity index is 1.50. The van der Waals surface area contributed by atoms with Crippen molar-refractivity contribution in [1.82, 2.24) is 0 Å². The first-order valence-corrected chi connectivity index (χ1v) is 9.20. The first-order valence-electron chi connectivity index (χ1n) is 8.82. The Morgan fingerprint density at radius 2 is 1.88 bits per heavy atom. The number of hydrogen-bond acceptors (Lipinski definition) is 2. The summed E-state index contributed by atoms with van der Waals surface area (Å²) in [5, 5.41) is 5.58. The van der Waals surface area contributed by atoms with Crippen molar-refractivity contribution in [1.29, 1.82) is 0 Å². The molecule has 1 atom stereocenters. The highest BCUT2D eigenvalue weighted by Crippen LogP contribution is 2.23. The van der Waals surface area contributed by atoms with Crippen LogP contribution in [0.25, 0.3) is 0 Å². The van der Waals surface area contributed by atoms with Gasteiger partial charge >= 0.3 is 0 Å². The summed E-state index contributed by atoms with van der Waals surface area (Å²) < 4.78 is 0. The minimum Gasteiger partial charge on any atom is -0.333 e. The Hall–Kier alpha value is -2.37. The Labute approximate surface area is 158 Å². The van der Waals surface area contributed by atoms with Gasteiger partial charge in [-0.05, 0) is 49.7 Å². The number of amides is 2. The average Bonchev–Trinajstić information content (AvgIpc) is 3.07. The maximum absolute atomic E-state index is 12.2. The molecule has 0 aromatic heterocycles. The summed E-state index contributed by atoms with van der Waals surface area (Å²) in [5.74, 6) is 0.100. The number of rotatable bonds is 6. The zero-order valence-electron chi connectivity index (χ0n) is 14.7. The van der Waals surface area contributed by atoms with Crippen LogP contribution >= 0.6 is 11.6 Å². The number of benzene rings is 2. The molecule has 1 aliphatic heterocycles. The molecule has 0 saturated carbocycles. The van der Waals surface area contributed by atoms with Gasteiger partial charge in [0.05, 0.1) is 0 Å². The summed E-state index contributed by atoms with van der Waals surface area (Å²) in [6.07, 6.45) is 1.51. The van der Waals surface area contributed by atoms with E-state index in [1.807, 2.05) is 53.8 Å². The predicted molar refractivity (Wildman–Crippen MR) is 103 cm³/mol. The van der Waals surface area contributed by atoms with Crippen molar-refractivity contribution in [3.63, 3.8) is 0 Å². The van der Waals surface area contributed by atoms with E-state index < -0.39 is 0 Å². The lowest BCUT2D eigenvalue weighted by molar-refractivity contribution is -0.682. The van der Waals surface area contributed by atoms with Crippen molar-refractivity contribution in [3.05, 3.63) is 59.1 Å². The fraction of sp³-hybridized carbons (Fsp3) is 0.300. The van der Waals surface area contributed by atoms with Gasteiger partial charge < -0.3 is 15.5 Å². The molecule has 2 amide bonds. The van der Waals surface area contributed by atoms with Crippen LogP contribution < -0.4 is 15.5 Å². The molecule has 1 saturated heterocycles. The van der Waals surface area contributed by atoms with Crippen LogP contribution in [0.1, 0.15) is 31.4 Å². The third-order valence-electron chi connectivity index (χ3n) is 4.59. The Morgan fingerprint density at radius 3 is 2.50 bits per heavy atom. The van der Waals surface area contributed by atoms with Gasteiger partial charge in [-0.1, -0.05) is 23.7 Å². The lowest BCUT2D eigenvalue weighted by Crippen LogP contribution is -2.86. The highest BCUT2D eigenvalue weighted by molar-refractivity contribution is 6.30. The zero-order valence-corrected chi connectivity index (χ0v) is 15.5. The molecule has 2 aromatic carbocycles. The third kappa shape index (κ3) is 4.62. The summed E-state index contributed by atoms with van der Waals surface area (Å²) >= 11 is 5.90. The topological polar surface area (TPSA) is 66.0 Å². The van der Waals surface area contributed by atoms with Crippen LogP contribution in [0.15, 0.2) is 48.5 Å². The van der Waals surface area contributed by atoms with Crippen LogP contribution in [0.4, 0.5) is 11.4 Å². The fourth-order valence-electron chi connectivity index (χ4n) is 3.04. The summed E-state index contributed by atoms with van der Waals surface area (Å²) in [6.45, 7) is 3.15. The summed E-state index contributed by atoms with van der Waals surface area (Å²) in [6, 6.07) is 15.2. The number of anilines is 2. The molecule has 3 rings (SSSR count). The summed E-state index contributed by atoms with van der Waals surface area (Å²) in [4.78, 5) is 25.7. The smallest absolute Gasteiger partial charge is 0.279 e. The molecule has 136 valence electrons. The molecular weight excluding hydrogens is 350 g/mol. The Morgan fingerprint density at radius 1 is 1.19 bits per heavy atom. The predicted octanol–water partition coefficient (Wildman–Crippen LogP) is 2.73. The van der Waals surface area contributed by atoms with Crippen molar-refractivity contribution in [2.75, 3.05) is 23.3 Å². The molecule has 0 unspecified atom stereocenters. The lowest BCUT2D eigenvalue weighted by Gasteiger charge is -2.16. The number of carbonyl (C=O) groups excluding carboxylic acids is 2. The van der Waals surface area contributed by atoms with E-state index in [0.29, 0.717) is 18.0 Å². The molecule has 26 heavy (non-hydrogen) atoms. The number of nitrogens with one attached hydrogen (secondary N) is 1. The van der Waals surface area contributed by atoms with Gasteiger partial charge in [-0.15, -0.1) is 0 Å². The number of quaternary nitrogens is 1. The number of hydrogen-bond donors (Lipinski definition) is 2. The number of carbonyl (C=O) groups is 2. The second kappa shape index (κ2) is 8.34. The maximum Gasteiger partial charge on any atom is 0.279 e. The van der Waals surface area contributed by atoms with Crippen LogP contribution in [0.5, 0.6) is 0 Å². The third-order valence-corrected chi connectivity index (χ3v) is 4.84. The molecule has 6 heteroatoms. The van der Waals surface area contributed by atoms with Crippen LogP contribution in [0.2, 0.25) is 5.02 Å². The maximum atomic E-state index is 12.2. The standard InChI is InChI=1S/C20H22ClN3O2/c1-14(15-4-6-16(21)7-5-15)22-13-19(25)23-17-8-10-18(11-9-17)24-12-2-3-20(24)26/h4-11,14,22H,2-3,12-13H2,1H3,(H,23,25)/p+1/t14-/m1/s1. The van der Waals surface area contributed by atoms with Crippen LogP contribution in [0, 0.1) is 0 Å². The van der Waals surface area contributed by atoms with Crippen LogP contribution in [-0.4, -0.2) is 24.9 Å². The Bertz CT molecular complexity index is 775. The lowest BCUT2D eigenvalue weighted by atomic mass is 10.1. The van der Waals surface area contributed by atoms with Gasteiger partial charge in [0.25, 0.3) is 5.91 Å². The van der Waals surface area contributed by atoms with Crippen molar-refractivity contribution in [2.45, 2.75) is 25.8 Å². The van der Waals surface area contributed by atoms with Crippen molar-refractivity contribution in [2.24, 2.45) is 0 Å². The summed E-state index contributed by atoms with van der Waals surface area (Å²) in [7, 11) is 0. The van der Waals surface area contributed by atoms with E-state index in [1.54, 1.807) is 4.90 Å². The van der Waals surface area contributed by atoms with E-state index in [1.165, 1.54) is 0 Å². The highest BCUT2D eigenvalue weighted by atomic mass is 35.5. The monoisotopic (exact) mass is 372 g/mol. The van der Waals surface area contributed by atoms with E-state index in [9.17, 15) is 9.59 Å². The van der Waals surface area contributed by atoms with Crippen molar-refractivity contribution < 1.29 is 14.9 Å². The van der Waals surface area contributed by atoms with Gasteiger partial charge in [-0.25, -0.2) is 0 Å². The molecular formula is C20H23ClN3O2+. The minimum absolute atomic E-state index is 0.0594. The van der Waals surface area contributed by atoms with Crippen molar-refractivity contribution in [3.8, 4) is 0 Å². The molecule has 3 N–H and O–H groups in total. The molecule has 1 aliphatic rings. The average molecular weight is 373 g/mol. The van der Waals surface area contributed by atoms with Gasteiger partial charge in [0.15, 0.2) is 6.54 Å². The van der Waals surface area contributed by atoms with Crippen LogP contribution in [-0.2, 0) is 9.59 Å². The number of nitrogens with two attached hydrogens (primary N) is 1. The van der Waals surface area contributed by atoms with Gasteiger partial charge in [0, 0.05) is 34.9 Å². The van der Waals surface area contributed by atoms with E-state index >= 15 is 0 Å². The normalized spacial score (nSPS) is 15.2. The minimum atomic E-state index is -0.0594. The zero-order chi connectivity index (χ0) is 18.5. The van der Waals surface area contributed by atoms with E-state index in [0.717, 1.165) is 29.9 Å². The van der Waals surface area contributed by atoms with Gasteiger partial charge in [-0.2, -0.15) is 0 Å². The molecule has 0 spiro atoms. The van der Waals surface area contributed by atoms with Crippen LogP contribution in [0.3, 0.4) is 0 Å². The fourth-order valence-corrected chi connectivity index (χ4v) is 3.17. The quantitative estimate of drug-likeness (QED) is 0.818. The molecule has 5 nitrogen and oxygen atoms in total.